The number of nitrogens with one attached hydrogen (secondary N) is 1. The minimum atomic E-state index is -4.02. The van der Waals surface area contributed by atoms with Crippen molar-refractivity contribution in [2.45, 2.75) is 44.0 Å². The molecule has 5 nitrogen and oxygen atoms in total. The Bertz CT molecular complexity index is 633. The minimum Gasteiger partial charge on any atom is -0.349 e. The molecule has 0 aromatic heterocycles. The zero-order valence-corrected chi connectivity index (χ0v) is 14.1. The van der Waals surface area contributed by atoms with Crippen molar-refractivity contribution in [3.63, 3.8) is 0 Å². The number of halogens is 2. The first-order chi connectivity index (χ1) is 9.70. The van der Waals surface area contributed by atoms with Crippen molar-refractivity contribution in [3.05, 3.63) is 27.7 Å². The molecule has 0 aliphatic heterocycles. The second kappa shape index (κ2) is 7.45. The van der Waals surface area contributed by atoms with Gasteiger partial charge in [-0.05, 0) is 25.0 Å². The fourth-order valence-electron chi connectivity index (χ4n) is 1.91. The Labute approximate surface area is 134 Å². The van der Waals surface area contributed by atoms with Crippen molar-refractivity contribution in [2.75, 3.05) is 0 Å². The van der Waals surface area contributed by atoms with Crippen LogP contribution < -0.4 is 10.5 Å². The van der Waals surface area contributed by atoms with E-state index < -0.39 is 15.9 Å². The first kappa shape index (κ1) is 18.2. The molecule has 0 fully saturated rings. The quantitative estimate of drug-likeness (QED) is 0.824. The van der Waals surface area contributed by atoms with Crippen LogP contribution in [-0.4, -0.2) is 20.4 Å². The molecule has 1 amide bonds. The lowest BCUT2D eigenvalue weighted by atomic mass is 10.1. The predicted molar refractivity (Wildman–Crippen MR) is 84.3 cm³/mol. The zero-order valence-electron chi connectivity index (χ0n) is 11.8. The topological polar surface area (TPSA) is 89.3 Å². The van der Waals surface area contributed by atoms with Gasteiger partial charge in [0, 0.05) is 6.04 Å². The lowest BCUT2D eigenvalue weighted by Crippen LogP contribution is -2.34. The average Bonchev–Trinajstić information content (AvgIpc) is 2.36. The summed E-state index contributed by atoms with van der Waals surface area (Å²) < 4.78 is 22.9. The lowest BCUT2D eigenvalue weighted by molar-refractivity contribution is 0.0933. The Hall–Kier alpha value is -0.820. The van der Waals surface area contributed by atoms with Crippen LogP contribution in [0.3, 0.4) is 0 Å². The highest BCUT2D eigenvalue weighted by Crippen LogP contribution is 2.28. The standard InChI is InChI=1S/C13H18Cl2N2O3S/c1-3-5-8(4-2)17-13(18)9-6-12(21(16,19)20)11(15)7-10(9)14/h6-8H,3-5H2,1-2H3,(H,17,18)(H2,16,19,20). The predicted octanol–water partition coefficient (Wildman–Crippen LogP) is 2.95. The van der Waals surface area contributed by atoms with Crippen LogP contribution in [0.2, 0.25) is 10.0 Å². The summed E-state index contributed by atoms with van der Waals surface area (Å²) in [7, 11) is -4.02. The summed E-state index contributed by atoms with van der Waals surface area (Å²) >= 11 is 11.8. The number of carbonyl (C=O) groups excluding carboxylic acids is 1. The summed E-state index contributed by atoms with van der Waals surface area (Å²) in [5, 5.41) is 7.85. The number of amides is 1. The first-order valence-electron chi connectivity index (χ1n) is 6.53. The van der Waals surface area contributed by atoms with E-state index in [9.17, 15) is 13.2 Å². The Kier molecular flexibility index (Phi) is 6.46. The van der Waals surface area contributed by atoms with Crippen LogP contribution in [0.25, 0.3) is 0 Å². The van der Waals surface area contributed by atoms with Gasteiger partial charge in [0.05, 0.1) is 15.6 Å². The SMILES string of the molecule is CCCC(CC)NC(=O)c1cc(S(N)(=O)=O)c(Cl)cc1Cl. The van der Waals surface area contributed by atoms with E-state index in [-0.39, 0.29) is 26.5 Å². The highest BCUT2D eigenvalue weighted by atomic mass is 35.5. The van der Waals surface area contributed by atoms with Crippen molar-refractivity contribution in [3.8, 4) is 0 Å². The van der Waals surface area contributed by atoms with Crippen LogP contribution in [0, 0.1) is 0 Å². The van der Waals surface area contributed by atoms with Crippen LogP contribution in [0.15, 0.2) is 17.0 Å². The second-order valence-electron chi connectivity index (χ2n) is 4.67. The van der Waals surface area contributed by atoms with E-state index in [0.717, 1.165) is 25.3 Å². The summed E-state index contributed by atoms with van der Waals surface area (Å²) in [5.74, 6) is -0.443. The maximum atomic E-state index is 12.2. The largest absolute Gasteiger partial charge is 0.349 e. The fourth-order valence-corrected chi connectivity index (χ4v) is 3.32. The third-order valence-corrected chi connectivity index (χ3v) is 4.73. The zero-order chi connectivity index (χ0) is 16.2. The van der Waals surface area contributed by atoms with Crippen molar-refractivity contribution in [2.24, 2.45) is 5.14 Å². The van der Waals surface area contributed by atoms with E-state index in [0.29, 0.717) is 0 Å². The normalized spacial score (nSPS) is 13.0. The van der Waals surface area contributed by atoms with Crippen LogP contribution in [0.4, 0.5) is 0 Å². The fraction of sp³-hybridized carbons (Fsp3) is 0.462. The van der Waals surface area contributed by atoms with E-state index in [4.69, 9.17) is 28.3 Å². The van der Waals surface area contributed by atoms with E-state index >= 15 is 0 Å². The summed E-state index contributed by atoms with van der Waals surface area (Å²) in [6.07, 6.45) is 2.53. The van der Waals surface area contributed by atoms with Gasteiger partial charge in [-0.15, -0.1) is 0 Å². The third-order valence-electron chi connectivity index (χ3n) is 3.04. The third kappa shape index (κ3) is 4.85. The Balaban J connectivity index is 3.15. The van der Waals surface area contributed by atoms with Crippen LogP contribution >= 0.6 is 23.2 Å². The molecular weight excluding hydrogens is 335 g/mol. The number of hydrogen-bond donors (Lipinski definition) is 2. The van der Waals surface area contributed by atoms with E-state index in [2.05, 4.69) is 5.32 Å². The van der Waals surface area contributed by atoms with E-state index in [1.807, 2.05) is 13.8 Å². The van der Waals surface area contributed by atoms with Crippen molar-refractivity contribution in [1.82, 2.24) is 5.32 Å². The van der Waals surface area contributed by atoms with Gasteiger partial charge < -0.3 is 5.32 Å². The summed E-state index contributed by atoms with van der Waals surface area (Å²) in [6, 6.07) is 2.32. The second-order valence-corrected chi connectivity index (χ2v) is 7.02. The monoisotopic (exact) mass is 352 g/mol. The molecule has 0 bridgehead atoms. The molecule has 1 aromatic carbocycles. The molecule has 0 saturated heterocycles. The van der Waals surface area contributed by atoms with Crippen LogP contribution in [-0.2, 0) is 10.0 Å². The van der Waals surface area contributed by atoms with Gasteiger partial charge in [-0.2, -0.15) is 0 Å². The highest BCUT2D eigenvalue weighted by Gasteiger charge is 2.21. The number of carbonyl (C=O) groups is 1. The molecule has 1 unspecified atom stereocenters. The number of nitrogens with two attached hydrogens (primary N) is 1. The molecule has 1 atom stereocenters. The van der Waals surface area contributed by atoms with Gasteiger partial charge in [-0.1, -0.05) is 43.5 Å². The first-order valence-corrected chi connectivity index (χ1v) is 8.83. The van der Waals surface area contributed by atoms with Gasteiger partial charge in [-0.3, -0.25) is 4.79 Å². The molecule has 0 aliphatic rings. The Morgan fingerprint density at radius 3 is 2.38 bits per heavy atom. The smallest absolute Gasteiger partial charge is 0.253 e. The van der Waals surface area contributed by atoms with Crippen molar-refractivity contribution < 1.29 is 13.2 Å². The molecule has 0 radical (unpaired) electrons. The van der Waals surface area contributed by atoms with Gasteiger partial charge in [-0.25, -0.2) is 13.6 Å². The molecule has 8 heteroatoms. The molecule has 118 valence electrons. The van der Waals surface area contributed by atoms with Gasteiger partial charge >= 0.3 is 0 Å². The van der Waals surface area contributed by atoms with Gasteiger partial charge in [0.2, 0.25) is 10.0 Å². The molecule has 0 spiro atoms. The molecule has 1 rings (SSSR count). The van der Waals surface area contributed by atoms with Crippen LogP contribution in [0.1, 0.15) is 43.5 Å². The lowest BCUT2D eigenvalue weighted by Gasteiger charge is -2.17. The number of hydrogen-bond acceptors (Lipinski definition) is 3. The summed E-state index contributed by atoms with van der Waals surface area (Å²) in [5.41, 5.74) is 0.0413. The van der Waals surface area contributed by atoms with Crippen molar-refractivity contribution >= 4 is 39.1 Å². The van der Waals surface area contributed by atoms with E-state index in [1.165, 1.54) is 6.07 Å². The van der Waals surface area contributed by atoms with E-state index in [1.54, 1.807) is 0 Å². The van der Waals surface area contributed by atoms with Gasteiger partial charge in [0.25, 0.3) is 5.91 Å². The Morgan fingerprint density at radius 2 is 1.90 bits per heavy atom. The van der Waals surface area contributed by atoms with Gasteiger partial charge in [0.15, 0.2) is 0 Å². The number of primary sulfonamides is 1. The number of rotatable bonds is 6. The molecular formula is C13H18Cl2N2O3S. The summed E-state index contributed by atoms with van der Waals surface area (Å²) in [4.78, 5) is 11.9. The summed E-state index contributed by atoms with van der Waals surface area (Å²) in [6.45, 7) is 3.98. The molecule has 0 saturated carbocycles. The highest BCUT2D eigenvalue weighted by molar-refractivity contribution is 7.89. The Morgan fingerprint density at radius 1 is 1.29 bits per heavy atom. The average molecular weight is 353 g/mol. The molecule has 3 N–H and O–H groups in total. The van der Waals surface area contributed by atoms with Gasteiger partial charge in [0.1, 0.15) is 4.90 Å². The molecule has 21 heavy (non-hydrogen) atoms. The maximum absolute atomic E-state index is 12.2. The number of sulfonamides is 1. The maximum Gasteiger partial charge on any atom is 0.253 e. The van der Waals surface area contributed by atoms with Crippen molar-refractivity contribution in [1.29, 1.82) is 0 Å². The molecule has 1 aromatic rings. The molecule has 0 heterocycles. The molecule has 0 aliphatic carbocycles. The number of benzene rings is 1. The van der Waals surface area contributed by atoms with Crippen LogP contribution in [0.5, 0.6) is 0 Å². The minimum absolute atomic E-state index is 0.00665.